The maximum absolute atomic E-state index is 5.60. The van der Waals surface area contributed by atoms with E-state index in [9.17, 15) is 0 Å². The van der Waals surface area contributed by atoms with Gasteiger partial charge in [0, 0.05) is 19.7 Å². The van der Waals surface area contributed by atoms with Crippen molar-refractivity contribution in [2.75, 3.05) is 13.7 Å². The fourth-order valence-corrected chi connectivity index (χ4v) is 2.76. The van der Waals surface area contributed by atoms with Crippen molar-refractivity contribution in [1.29, 1.82) is 0 Å². The highest BCUT2D eigenvalue weighted by atomic mass is 16.5. The van der Waals surface area contributed by atoms with Crippen molar-refractivity contribution in [3.8, 4) is 0 Å². The second-order valence-electron chi connectivity index (χ2n) is 5.23. The zero-order valence-corrected chi connectivity index (χ0v) is 11.4. The van der Waals surface area contributed by atoms with Gasteiger partial charge < -0.3 is 10.1 Å². The van der Waals surface area contributed by atoms with Crippen molar-refractivity contribution in [2.24, 2.45) is 0 Å². The summed E-state index contributed by atoms with van der Waals surface area (Å²) in [6.45, 7) is 0.922. The monoisotopic (exact) mass is 247 g/mol. The minimum atomic E-state index is 0.175. The van der Waals surface area contributed by atoms with Crippen LogP contribution in [0.3, 0.4) is 0 Å². The van der Waals surface area contributed by atoms with Crippen molar-refractivity contribution >= 4 is 0 Å². The number of rotatable bonds is 5. The topological polar surface area (TPSA) is 21.3 Å². The van der Waals surface area contributed by atoms with E-state index < -0.39 is 0 Å². The van der Waals surface area contributed by atoms with E-state index in [1.807, 2.05) is 0 Å². The standard InChI is InChI=1S/C16H25NO/c1-18-16(14-9-5-4-6-10-14)13-17-15-11-7-2-3-8-12-15/h4-6,9-10,15-17H,2-3,7-8,11-13H2,1H3. The molecule has 0 bridgehead atoms. The Hall–Kier alpha value is -0.860. The van der Waals surface area contributed by atoms with E-state index in [1.54, 1.807) is 7.11 Å². The minimum absolute atomic E-state index is 0.175. The maximum Gasteiger partial charge on any atom is 0.0945 e. The van der Waals surface area contributed by atoms with Crippen LogP contribution < -0.4 is 5.32 Å². The molecule has 1 saturated carbocycles. The Bertz CT molecular complexity index is 317. The molecule has 0 aliphatic heterocycles. The number of nitrogens with one attached hydrogen (secondary N) is 1. The van der Waals surface area contributed by atoms with Crippen molar-refractivity contribution in [1.82, 2.24) is 5.32 Å². The van der Waals surface area contributed by atoms with E-state index in [4.69, 9.17) is 4.74 Å². The lowest BCUT2D eigenvalue weighted by atomic mass is 10.1. The van der Waals surface area contributed by atoms with Crippen LogP contribution in [0, 0.1) is 0 Å². The SMILES string of the molecule is COC(CNC1CCCCCC1)c1ccccc1. The second kappa shape index (κ2) is 7.55. The Morgan fingerprint density at radius 3 is 2.39 bits per heavy atom. The van der Waals surface area contributed by atoms with Gasteiger partial charge in [-0.3, -0.25) is 0 Å². The Balaban J connectivity index is 1.83. The lowest BCUT2D eigenvalue weighted by Gasteiger charge is -2.21. The fourth-order valence-electron chi connectivity index (χ4n) is 2.76. The summed E-state index contributed by atoms with van der Waals surface area (Å²) in [4.78, 5) is 0. The number of methoxy groups -OCH3 is 1. The van der Waals surface area contributed by atoms with Gasteiger partial charge in [-0.2, -0.15) is 0 Å². The summed E-state index contributed by atoms with van der Waals surface area (Å²) in [5, 5.41) is 3.69. The summed E-state index contributed by atoms with van der Waals surface area (Å²) < 4.78 is 5.60. The molecule has 1 aliphatic rings. The van der Waals surface area contributed by atoms with Gasteiger partial charge in [0.25, 0.3) is 0 Å². The molecule has 1 aromatic carbocycles. The molecule has 0 radical (unpaired) electrons. The molecule has 1 fully saturated rings. The van der Waals surface area contributed by atoms with Gasteiger partial charge >= 0.3 is 0 Å². The molecule has 1 atom stereocenters. The van der Waals surface area contributed by atoms with Crippen LogP contribution in [-0.2, 0) is 4.74 Å². The predicted molar refractivity (Wildman–Crippen MR) is 75.7 cm³/mol. The van der Waals surface area contributed by atoms with Crippen molar-refractivity contribution in [3.63, 3.8) is 0 Å². The van der Waals surface area contributed by atoms with Gasteiger partial charge in [0.15, 0.2) is 0 Å². The van der Waals surface area contributed by atoms with Gasteiger partial charge in [0.2, 0.25) is 0 Å². The quantitative estimate of drug-likeness (QED) is 0.801. The van der Waals surface area contributed by atoms with E-state index in [1.165, 1.54) is 44.1 Å². The van der Waals surface area contributed by atoms with Crippen LogP contribution in [0.2, 0.25) is 0 Å². The second-order valence-corrected chi connectivity index (χ2v) is 5.23. The van der Waals surface area contributed by atoms with Crippen LogP contribution >= 0.6 is 0 Å². The molecule has 1 aromatic rings. The van der Waals surface area contributed by atoms with Crippen LogP contribution in [0.15, 0.2) is 30.3 Å². The van der Waals surface area contributed by atoms with Gasteiger partial charge in [0.1, 0.15) is 0 Å². The maximum atomic E-state index is 5.60. The highest BCUT2D eigenvalue weighted by Gasteiger charge is 2.15. The summed E-state index contributed by atoms with van der Waals surface area (Å²) in [5.41, 5.74) is 1.26. The van der Waals surface area contributed by atoms with Gasteiger partial charge in [-0.05, 0) is 18.4 Å². The molecule has 100 valence electrons. The first-order valence-electron chi connectivity index (χ1n) is 7.21. The molecule has 2 heteroatoms. The first-order chi connectivity index (χ1) is 8.90. The third-order valence-corrected chi connectivity index (χ3v) is 3.90. The molecule has 0 spiro atoms. The molecule has 1 N–H and O–H groups in total. The molecule has 0 aromatic heterocycles. The Morgan fingerprint density at radius 2 is 1.78 bits per heavy atom. The summed E-state index contributed by atoms with van der Waals surface area (Å²) >= 11 is 0. The van der Waals surface area contributed by atoms with Crippen LogP contribution in [0.5, 0.6) is 0 Å². The molecule has 1 unspecified atom stereocenters. The summed E-state index contributed by atoms with van der Waals surface area (Å²) in [7, 11) is 1.80. The first-order valence-corrected chi connectivity index (χ1v) is 7.21. The fraction of sp³-hybridized carbons (Fsp3) is 0.625. The molecule has 1 aliphatic carbocycles. The van der Waals surface area contributed by atoms with Crippen LogP contribution in [0.25, 0.3) is 0 Å². The number of benzene rings is 1. The lowest BCUT2D eigenvalue weighted by Crippen LogP contribution is -2.32. The largest absolute Gasteiger partial charge is 0.375 e. The van der Waals surface area contributed by atoms with E-state index >= 15 is 0 Å². The van der Waals surface area contributed by atoms with Crippen molar-refractivity contribution < 1.29 is 4.74 Å². The number of hydrogen-bond acceptors (Lipinski definition) is 2. The summed E-state index contributed by atoms with van der Waals surface area (Å²) in [6, 6.07) is 11.2. The first kappa shape index (κ1) is 13.6. The van der Waals surface area contributed by atoms with Crippen molar-refractivity contribution in [2.45, 2.75) is 50.7 Å². The molecule has 2 nitrogen and oxygen atoms in total. The van der Waals surface area contributed by atoms with Gasteiger partial charge in [-0.1, -0.05) is 56.0 Å². The third-order valence-electron chi connectivity index (χ3n) is 3.90. The molecular formula is C16H25NO. The highest BCUT2D eigenvalue weighted by molar-refractivity contribution is 5.17. The van der Waals surface area contributed by atoms with Crippen LogP contribution in [0.4, 0.5) is 0 Å². The van der Waals surface area contributed by atoms with Gasteiger partial charge in [-0.25, -0.2) is 0 Å². The van der Waals surface area contributed by atoms with E-state index in [-0.39, 0.29) is 6.10 Å². The Morgan fingerprint density at radius 1 is 1.11 bits per heavy atom. The normalized spacial score (nSPS) is 19.4. The average molecular weight is 247 g/mol. The summed E-state index contributed by atoms with van der Waals surface area (Å²) in [6.07, 6.45) is 8.39. The predicted octanol–water partition coefficient (Wildman–Crippen LogP) is 3.69. The zero-order chi connectivity index (χ0) is 12.6. The molecule has 0 amide bonds. The van der Waals surface area contributed by atoms with Gasteiger partial charge in [0.05, 0.1) is 6.10 Å². The van der Waals surface area contributed by atoms with E-state index in [0.29, 0.717) is 6.04 Å². The average Bonchev–Trinajstić information content (AvgIpc) is 2.69. The van der Waals surface area contributed by atoms with Crippen LogP contribution in [-0.4, -0.2) is 19.7 Å². The number of hydrogen-bond donors (Lipinski definition) is 1. The molecule has 2 rings (SSSR count). The smallest absolute Gasteiger partial charge is 0.0945 e. The third kappa shape index (κ3) is 4.11. The van der Waals surface area contributed by atoms with Crippen LogP contribution in [0.1, 0.15) is 50.2 Å². The summed E-state index contributed by atoms with van der Waals surface area (Å²) in [5.74, 6) is 0. The molecule has 0 saturated heterocycles. The van der Waals surface area contributed by atoms with E-state index in [2.05, 4.69) is 35.6 Å². The van der Waals surface area contributed by atoms with E-state index in [0.717, 1.165) is 6.54 Å². The Kier molecular flexibility index (Phi) is 5.69. The lowest BCUT2D eigenvalue weighted by molar-refractivity contribution is 0.0987. The minimum Gasteiger partial charge on any atom is -0.375 e. The Labute approximate surface area is 111 Å². The highest BCUT2D eigenvalue weighted by Crippen LogP contribution is 2.19. The van der Waals surface area contributed by atoms with Crippen molar-refractivity contribution in [3.05, 3.63) is 35.9 Å². The molecule has 0 heterocycles. The molecular weight excluding hydrogens is 222 g/mol. The number of ether oxygens (including phenoxy) is 1. The van der Waals surface area contributed by atoms with Gasteiger partial charge in [-0.15, -0.1) is 0 Å². The molecule has 18 heavy (non-hydrogen) atoms. The zero-order valence-electron chi connectivity index (χ0n) is 11.4.